The molecule has 2 heteroatoms. The molecule has 0 aromatic carbocycles. The maximum absolute atomic E-state index is 5.81. The van der Waals surface area contributed by atoms with Crippen LogP contribution in [-0.4, -0.2) is 17.2 Å². The van der Waals surface area contributed by atoms with Crippen LogP contribution in [0.5, 0.6) is 0 Å². The van der Waals surface area contributed by atoms with E-state index in [1.54, 1.807) is 0 Å². The highest BCUT2D eigenvalue weighted by Gasteiger charge is 2.52. The zero-order valence-electron chi connectivity index (χ0n) is 6.56. The van der Waals surface area contributed by atoms with E-state index in [9.17, 15) is 0 Å². The van der Waals surface area contributed by atoms with Crippen LogP contribution >= 0.6 is 0 Å². The summed E-state index contributed by atoms with van der Waals surface area (Å²) in [6.45, 7) is 8.07. The molecule has 9 heavy (non-hydrogen) atoms. The lowest BCUT2D eigenvalue weighted by atomic mass is 9.79. The fourth-order valence-electron chi connectivity index (χ4n) is 1.58. The second-order valence-electron chi connectivity index (χ2n) is 3.79. The SMILES string of the molecule is CC1(C)OC(C)(C)C1N. The first-order valence-electron chi connectivity index (χ1n) is 3.32. The van der Waals surface area contributed by atoms with Crippen LogP contribution in [0.3, 0.4) is 0 Å². The molecule has 0 unspecified atom stereocenters. The Kier molecular flexibility index (Phi) is 1.17. The second kappa shape index (κ2) is 1.50. The highest BCUT2D eigenvalue weighted by Crippen LogP contribution is 2.38. The monoisotopic (exact) mass is 129 g/mol. The van der Waals surface area contributed by atoms with E-state index in [1.807, 2.05) is 27.7 Å². The van der Waals surface area contributed by atoms with Crippen LogP contribution in [-0.2, 0) is 4.74 Å². The number of rotatable bonds is 0. The molecular formula is C7H15NO. The summed E-state index contributed by atoms with van der Waals surface area (Å²) in [5, 5.41) is 0. The van der Waals surface area contributed by atoms with Crippen LogP contribution in [0.1, 0.15) is 27.7 Å². The van der Waals surface area contributed by atoms with Gasteiger partial charge in [0.15, 0.2) is 0 Å². The van der Waals surface area contributed by atoms with E-state index in [-0.39, 0.29) is 17.2 Å². The third kappa shape index (κ3) is 0.864. The molecule has 0 spiro atoms. The van der Waals surface area contributed by atoms with Crippen molar-refractivity contribution in [3.63, 3.8) is 0 Å². The molecule has 54 valence electrons. The predicted octanol–water partition coefficient (Wildman–Crippen LogP) is 0.901. The quantitative estimate of drug-likeness (QED) is 0.527. The second-order valence-corrected chi connectivity index (χ2v) is 3.79. The van der Waals surface area contributed by atoms with Crippen molar-refractivity contribution < 1.29 is 4.74 Å². The summed E-state index contributed by atoms with van der Waals surface area (Å²) in [5.41, 5.74) is 5.59. The Hall–Kier alpha value is -0.0800. The Balaban J connectivity index is 2.62. The van der Waals surface area contributed by atoms with Crippen molar-refractivity contribution in [3.8, 4) is 0 Å². The fraction of sp³-hybridized carbons (Fsp3) is 1.00. The Labute approximate surface area is 56.4 Å². The first kappa shape index (κ1) is 7.03. The van der Waals surface area contributed by atoms with Crippen molar-refractivity contribution in [2.24, 2.45) is 5.73 Å². The standard InChI is InChI=1S/C7H15NO/c1-6(2)5(8)7(3,4)9-6/h5H,8H2,1-4H3. The van der Waals surface area contributed by atoms with E-state index in [0.717, 1.165) is 0 Å². The van der Waals surface area contributed by atoms with Gasteiger partial charge in [-0.25, -0.2) is 0 Å². The van der Waals surface area contributed by atoms with Crippen LogP contribution in [0, 0.1) is 0 Å². The minimum absolute atomic E-state index is 0.108. The van der Waals surface area contributed by atoms with E-state index in [2.05, 4.69) is 0 Å². The van der Waals surface area contributed by atoms with Gasteiger partial charge in [-0.15, -0.1) is 0 Å². The molecule has 0 bridgehead atoms. The summed E-state index contributed by atoms with van der Waals surface area (Å²) in [5.74, 6) is 0. The minimum atomic E-state index is -0.108. The Morgan fingerprint density at radius 1 is 1.11 bits per heavy atom. The van der Waals surface area contributed by atoms with Crippen LogP contribution in [0.25, 0.3) is 0 Å². The first-order chi connectivity index (χ1) is 3.86. The average Bonchev–Trinajstić information content (AvgIpc) is 1.63. The molecule has 1 heterocycles. The molecule has 1 saturated heterocycles. The molecule has 1 fully saturated rings. The molecule has 0 aliphatic carbocycles. The van der Waals surface area contributed by atoms with Crippen LogP contribution in [0.15, 0.2) is 0 Å². The summed E-state index contributed by atoms with van der Waals surface area (Å²) < 4.78 is 5.50. The van der Waals surface area contributed by atoms with Gasteiger partial charge in [0.2, 0.25) is 0 Å². The van der Waals surface area contributed by atoms with Crippen molar-refractivity contribution >= 4 is 0 Å². The zero-order chi connectivity index (χ0) is 7.28. The lowest BCUT2D eigenvalue weighted by Gasteiger charge is -2.55. The van der Waals surface area contributed by atoms with Crippen molar-refractivity contribution in [1.82, 2.24) is 0 Å². The first-order valence-corrected chi connectivity index (χ1v) is 3.32. The highest BCUT2D eigenvalue weighted by atomic mass is 16.6. The summed E-state index contributed by atoms with van der Waals surface area (Å²) in [6.07, 6.45) is 0. The molecule has 1 rings (SSSR count). The average molecular weight is 129 g/mol. The van der Waals surface area contributed by atoms with Crippen molar-refractivity contribution in [3.05, 3.63) is 0 Å². The van der Waals surface area contributed by atoms with Crippen molar-refractivity contribution in [2.45, 2.75) is 44.9 Å². The maximum atomic E-state index is 5.81. The normalized spacial score (nSPS) is 31.7. The molecule has 1 aliphatic rings. The van der Waals surface area contributed by atoms with Crippen LogP contribution in [0.2, 0.25) is 0 Å². The Morgan fingerprint density at radius 2 is 1.44 bits per heavy atom. The van der Waals surface area contributed by atoms with Gasteiger partial charge in [0.1, 0.15) is 0 Å². The van der Waals surface area contributed by atoms with Gasteiger partial charge in [-0.3, -0.25) is 0 Å². The topological polar surface area (TPSA) is 35.2 Å². The third-order valence-corrected chi connectivity index (χ3v) is 2.02. The van der Waals surface area contributed by atoms with Crippen LogP contribution < -0.4 is 5.73 Å². The van der Waals surface area contributed by atoms with Gasteiger partial charge in [0, 0.05) is 0 Å². The zero-order valence-corrected chi connectivity index (χ0v) is 6.56. The van der Waals surface area contributed by atoms with Gasteiger partial charge in [-0.1, -0.05) is 0 Å². The summed E-state index contributed by atoms with van der Waals surface area (Å²) in [4.78, 5) is 0. The van der Waals surface area contributed by atoms with E-state index >= 15 is 0 Å². The molecule has 0 aromatic rings. The largest absolute Gasteiger partial charge is 0.366 e. The van der Waals surface area contributed by atoms with Gasteiger partial charge in [-0.2, -0.15) is 0 Å². The summed E-state index contributed by atoms with van der Waals surface area (Å²) in [7, 11) is 0. The summed E-state index contributed by atoms with van der Waals surface area (Å²) >= 11 is 0. The van der Waals surface area contributed by atoms with Crippen molar-refractivity contribution in [1.29, 1.82) is 0 Å². The van der Waals surface area contributed by atoms with E-state index in [1.165, 1.54) is 0 Å². The maximum Gasteiger partial charge on any atom is 0.0812 e. The molecule has 0 saturated carbocycles. The van der Waals surface area contributed by atoms with E-state index in [4.69, 9.17) is 10.5 Å². The molecule has 0 atom stereocenters. The molecular weight excluding hydrogens is 114 g/mol. The lowest BCUT2D eigenvalue weighted by Crippen LogP contribution is -2.71. The summed E-state index contributed by atoms with van der Waals surface area (Å²) in [6, 6.07) is 0.171. The van der Waals surface area contributed by atoms with Gasteiger partial charge in [-0.05, 0) is 27.7 Å². The number of nitrogens with two attached hydrogens (primary N) is 1. The van der Waals surface area contributed by atoms with Crippen molar-refractivity contribution in [2.75, 3.05) is 0 Å². The minimum Gasteiger partial charge on any atom is -0.366 e. The number of hydrogen-bond donors (Lipinski definition) is 1. The van der Waals surface area contributed by atoms with Gasteiger partial charge in [0.05, 0.1) is 17.2 Å². The van der Waals surface area contributed by atoms with E-state index in [0.29, 0.717) is 0 Å². The molecule has 0 aromatic heterocycles. The fourth-order valence-corrected chi connectivity index (χ4v) is 1.58. The predicted molar refractivity (Wildman–Crippen MR) is 37.2 cm³/mol. The van der Waals surface area contributed by atoms with Gasteiger partial charge < -0.3 is 10.5 Å². The Morgan fingerprint density at radius 3 is 1.44 bits per heavy atom. The molecule has 2 N–H and O–H groups in total. The van der Waals surface area contributed by atoms with Crippen LogP contribution in [0.4, 0.5) is 0 Å². The molecule has 0 radical (unpaired) electrons. The number of hydrogen-bond acceptors (Lipinski definition) is 2. The number of ether oxygens (including phenoxy) is 1. The lowest BCUT2D eigenvalue weighted by molar-refractivity contribution is -0.255. The molecule has 2 nitrogen and oxygen atoms in total. The molecule has 1 aliphatic heterocycles. The van der Waals surface area contributed by atoms with Gasteiger partial charge in [0.25, 0.3) is 0 Å². The van der Waals surface area contributed by atoms with Gasteiger partial charge >= 0.3 is 0 Å². The molecule has 0 amide bonds. The highest BCUT2D eigenvalue weighted by molar-refractivity contribution is 5.05. The Bertz CT molecular complexity index is 115. The third-order valence-electron chi connectivity index (χ3n) is 2.02. The van der Waals surface area contributed by atoms with E-state index < -0.39 is 0 Å². The smallest absolute Gasteiger partial charge is 0.0812 e.